The molecule has 0 atom stereocenters. The molecule has 78 valence electrons. The molecule has 0 spiro atoms. The number of hydrogen-bond donors (Lipinski definition) is 2. The predicted molar refractivity (Wildman–Crippen MR) is 52.3 cm³/mol. The van der Waals surface area contributed by atoms with Crippen LogP contribution in [-0.2, 0) is 11.3 Å². The van der Waals surface area contributed by atoms with Crippen molar-refractivity contribution in [3.8, 4) is 0 Å². The second-order valence-electron chi connectivity index (χ2n) is 4.45. The minimum atomic E-state index is 0.0193. The molecule has 0 unspecified atom stereocenters. The lowest BCUT2D eigenvalue weighted by atomic mass is 9.92. The molecule has 1 heterocycles. The number of carbonyl (C=O) groups excluding carboxylic acids is 1. The Morgan fingerprint density at radius 2 is 2.29 bits per heavy atom. The third-order valence-corrected chi connectivity index (χ3v) is 1.61. The Bertz CT molecular complexity index is 286. The quantitative estimate of drug-likeness (QED) is 0.753. The van der Waals surface area contributed by atoms with E-state index >= 15 is 0 Å². The number of hydrogen-bond acceptors (Lipinski definition) is 3. The molecule has 0 aliphatic rings. The second kappa shape index (κ2) is 4.21. The van der Waals surface area contributed by atoms with Gasteiger partial charge in [0.05, 0.1) is 6.54 Å². The van der Waals surface area contributed by atoms with E-state index in [-0.39, 0.29) is 11.3 Å². The van der Waals surface area contributed by atoms with E-state index in [1.54, 1.807) is 0 Å². The lowest BCUT2D eigenvalue weighted by molar-refractivity contribution is -0.123. The smallest absolute Gasteiger partial charge is 0.220 e. The highest BCUT2D eigenvalue weighted by Crippen LogP contribution is 2.17. The number of aromatic amines is 1. The summed E-state index contributed by atoms with van der Waals surface area (Å²) in [5.74, 6) is 0.709. The van der Waals surface area contributed by atoms with Crippen LogP contribution in [0.1, 0.15) is 33.0 Å². The maximum absolute atomic E-state index is 11.4. The summed E-state index contributed by atoms with van der Waals surface area (Å²) in [6, 6.07) is 0. The predicted octanol–water partition coefficient (Wildman–Crippen LogP) is 0.857. The van der Waals surface area contributed by atoms with Gasteiger partial charge in [-0.25, -0.2) is 4.98 Å². The maximum atomic E-state index is 11.4. The second-order valence-corrected chi connectivity index (χ2v) is 4.45. The molecule has 5 nitrogen and oxygen atoms in total. The third-order valence-electron chi connectivity index (χ3n) is 1.61. The molecule has 1 aromatic heterocycles. The van der Waals surface area contributed by atoms with Crippen molar-refractivity contribution in [1.82, 2.24) is 20.5 Å². The number of amides is 1. The van der Waals surface area contributed by atoms with Crippen LogP contribution in [-0.4, -0.2) is 21.1 Å². The van der Waals surface area contributed by atoms with Crippen molar-refractivity contribution in [3.63, 3.8) is 0 Å². The molecule has 0 saturated carbocycles. The minimum absolute atomic E-state index is 0.0193. The van der Waals surface area contributed by atoms with Crippen LogP contribution in [0.5, 0.6) is 0 Å². The molecule has 0 radical (unpaired) electrons. The van der Waals surface area contributed by atoms with E-state index in [1.165, 1.54) is 6.33 Å². The van der Waals surface area contributed by atoms with Gasteiger partial charge in [-0.15, -0.1) is 0 Å². The first-order valence-corrected chi connectivity index (χ1v) is 4.58. The van der Waals surface area contributed by atoms with Crippen molar-refractivity contribution in [2.24, 2.45) is 5.41 Å². The van der Waals surface area contributed by atoms with Crippen LogP contribution in [0.3, 0.4) is 0 Å². The van der Waals surface area contributed by atoms with E-state index in [9.17, 15) is 4.79 Å². The Hall–Kier alpha value is -1.39. The molecule has 14 heavy (non-hydrogen) atoms. The molecule has 1 rings (SSSR count). The van der Waals surface area contributed by atoms with Gasteiger partial charge in [0.15, 0.2) is 0 Å². The average Bonchev–Trinajstić information content (AvgIpc) is 2.49. The number of carbonyl (C=O) groups is 1. The summed E-state index contributed by atoms with van der Waals surface area (Å²) < 4.78 is 0. The fourth-order valence-electron chi connectivity index (χ4n) is 1.04. The average molecular weight is 196 g/mol. The van der Waals surface area contributed by atoms with Gasteiger partial charge in [-0.1, -0.05) is 20.8 Å². The van der Waals surface area contributed by atoms with Crippen molar-refractivity contribution in [2.45, 2.75) is 33.7 Å². The van der Waals surface area contributed by atoms with Gasteiger partial charge < -0.3 is 5.32 Å². The summed E-state index contributed by atoms with van der Waals surface area (Å²) >= 11 is 0. The first-order chi connectivity index (χ1) is 6.47. The van der Waals surface area contributed by atoms with Gasteiger partial charge >= 0.3 is 0 Å². The van der Waals surface area contributed by atoms with Crippen LogP contribution >= 0.6 is 0 Å². The number of rotatable bonds is 3. The zero-order chi connectivity index (χ0) is 10.6. The molecule has 5 heteroatoms. The topological polar surface area (TPSA) is 70.7 Å². The summed E-state index contributed by atoms with van der Waals surface area (Å²) in [4.78, 5) is 15.3. The van der Waals surface area contributed by atoms with Gasteiger partial charge in [-0.3, -0.25) is 9.89 Å². The third kappa shape index (κ3) is 4.02. The number of nitrogens with zero attached hydrogens (tertiary/aromatic N) is 2. The number of aromatic nitrogens is 3. The Kier molecular flexibility index (Phi) is 3.22. The van der Waals surface area contributed by atoms with E-state index in [4.69, 9.17) is 0 Å². The van der Waals surface area contributed by atoms with E-state index < -0.39 is 0 Å². The first-order valence-electron chi connectivity index (χ1n) is 4.58. The SMILES string of the molecule is CC(C)(C)CC(=O)NCc1ncn[nH]1. The molecule has 0 saturated heterocycles. The van der Waals surface area contributed by atoms with Crippen LogP contribution in [0, 0.1) is 5.41 Å². The van der Waals surface area contributed by atoms with Crippen molar-refractivity contribution in [2.75, 3.05) is 0 Å². The molecule has 0 aliphatic heterocycles. The number of nitrogens with one attached hydrogen (secondary N) is 2. The Labute approximate surface area is 83.3 Å². The van der Waals surface area contributed by atoms with E-state index in [2.05, 4.69) is 20.5 Å². The fourth-order valence-corrected chi connectivity index (χ4v) is 1.04. The summed E-state index contributed by atoms with van der Waals surface area (Å²) in [7, 11) is 0. The van der Waals surface area contributed by atoms with Crippen molar-refractivity contribution in [1.29, 1.82) is 0 Å². The Morgan fingerprint density at radius 1 is 1.57 bits per heavy atom. The molecule has 1 aromatic rings. The van der Waals surface area contributed by atoms with E-state index in [0.717, 1.165) is 0 Å². The van der Waals surface area contributed by atoms with Crippen molar-refractivity contribution in [3.05, 3.63) is 12.2 Å². The first kappa shape index (κ1) is 10.7. The number of H-pyrrole nitrogens is 1. The van der Waals surface area contributed by atoms with Gasteiger partial charge in [-0.2, -0.15) is 5.10 Å². The van der Waals surface area contributed by atoms with Crippen LogP contribution < -0.4 is 5.32 Å². The highest BCUT2D eigenvalue weighted by Gasteiger charge is 2.15. The van der Waals surface area contributed by atoms with Crippen molar-refractivity contribution < 1.29 is 4.79 Å². The maximum Gasteiger partial charge on any atom is 0.220 e. The summed E-state index contributed by atoms with van der Waals surface area (Å²) in [6.45, 7) is 6.50. The lowest BCUT2D eigenvalue weighted by Crippen LogP contribution is -2.27. The Morgan fingerprint density at radius 3 is 2.79 bits per heavy atom. The molecular formula is C9H16N4O. The molecule has 0 aromatic carbocycles. The van der Waals surface area contributed by atoms with Gasteiger partial charge in [0.2, 0.25) is 5.91 Å². The highest BCUT2D eigenvalue weighted by atomic mass is 16.1. The lowest BCUT2D eigenvalue weighted by Gasteiger charge is -2.16. The molecule has 0 bridgehead atoms. The largest absolute Gasteiger partial charge is 0.349 e. The van der Waals surface area contributed by atoms with E-state index in [1.807, 2.05) is 20.8 Å². The highest BCUT2D eigenvalue weighted by molar-refractivity contribution is 5.76. The zero-order valence-electron chi connectivity index (χ0n) is 8.79. The fraction of sp³-hybridized carbons (Fsp3) is 0.667. The normalized spacial score (nSPS) is 11.4. The molecular weight excluding hydrogens is 180 g/mol. The molecule has 2 N–H and O–H groups in total. The molecule has 0 aliphatic carbocycles. The Balaban J connectivity index is 2.29. The van der Waals surface area contributed by atoms with Crippen molar-refractivity contribution >= 4 is 5.91 Å². The van der Waals surface area contributed by atoms with Gasteiger partial charge in [0.1, 0.15) is 12.2 Å². The van der Waals surface area contributed by atoms with Crippen LogP contribution in [0.4, 0.5) is 0 Å². The van der Waals surface area contributed by atoms with E-state index in [0.29, 0.717) is 18.8 Å². The summed E-state index contributed by atoms with van der Waals surface area (Å²) in [6.07, 6.45) is 1.94. The standard InChI is InChI=1S/C9H16N4O/c1-9(2,3)4-8(14)10-5-7-11-6-12-13-7/h6H,4-5H2,1-3H3,(H,10,14)(H,11,12,13). The van der Waals surface area contributed by atoms with Crippen LogP contribution in [0.25, 0.3) is 0 Å². The van der Waals surface area contributed by atoms with Crippen LogP contribution in [0.15, 0.2) is 6.33 Å². The summed E-state index contributed by atoms with van der Waals surface area (Å²) in [5.41, 5.74) is 0.0193. The van der Waals surface area contributed by atoms with Gasteiger partial charge in [-0.05, 0) is 5.41 Å². The minimum Gasteiger partial charge on any atom is -0.349 e. The molecule has 0 fully saturated rings. The molecule has 1 amide bonds. The summed E-state index contributed by atoms with van der Waals surface area (Å²) in [5, 5.41) is 9.14. The van der Waals surface area contributed by atoms with Gasteiger partial charge in [0, 0.05) is 6.42 Å². The van der Waals surface area contributed by atoms with Gasteiger partial charge in [0.25, 0.3) is 0 Å². The van der Waals surface area contributed by atoms with Crippen LogP contribution in [0.2, 0.25) is 0 Å². The zero-order valence-corrected chi connectivity index (χ0v) is 8.79. The monoisotopic (exact) mass is 196 g/mol.